The molecule has 0 aromatic heterocycles. The average Bonchev–Trinajstić information content (AvgIpc) is 2.62. The third-order valence-electron chi connectivity index (χ3n) is 4.17. The molecule has 2 aromatic carbocycles. The molecule has 0 aliphatic heterocycles. The van der Waals surface area contributed by atoms with Gasteiger partial charge in [0, 0.05) is 37.6 Å². The van der Waals surface area contributed by atoms with Gasteiger partial charge >= 0.3 is 0 Å². The smallest absolute Gasteiger partial charge is 0.223 e. The van der Waals surface area contributed by atoms with Crippen LogP contribution in [0.1, 0.15) is 47.7 Å². The fourth-order valence-electron chi connectivity index (χ4n) is 2.67. The van der Waals surface area contributed by atoms with E-state index in [-0.39, 0.29) is 36.9 Å². The Morgan fingerprint density at radius 1 is 1.00 bits per heavy atom. The van der Waals surface area contributed by atoms with E-state index in [2.05, 4.69) is 6.92 Å². The maximum atomic E-state index is 13.6. The first-order valence-electron chi connectivity index (χ1n) is 8.60. The van der Waals surface area contributed by atoms with Gasteiger partial charge in [0.15, 0.2) is 5.78 Å². The largest absolute Gasteiger partial charge is 0.341 e. The van der Waals surface area contributed by atoms with Gasteiger partial charge in [-0.25, -0.2) is 4.39 Å². The molecule has 25 heavy (non-hydrogen) atoms. The first-order valence-corrected chi connectivity index (χ1v) is 8.60. The van der Waals surface area contributed by atoms with Crippen LogP contribution in [0, 0.1) is 5.82 Å². The Kier molecular flexibility index (Phi) is 6.87. The highest BCUT2D eigenvalue weighted by atomic mass is 19.1. The standard InChI is InChI=1S/C21H24FNO2/c1-3-6-16-9-11-17(12-10-16)20(24)13-14-21(25)23(2)15-18-7-4-5-8-19(18)22/h4-5,7-12H,3,6,13-15H2,1-2H3. The zero-order valence-electron chi connectivity index (χ0n) is 14.8. The number of rotatable bonds is 8. The molecule has 4 heteroatoms. The lowest BCUT2D eigenvalue weighted by molar-refractivity contribution is -0.130. The topological polar surface area (TPSA) is 37.4 Å². The molecule has 0 N–H and O–H groups in total. The van der Waals surface area contributed by atoms with E-state index in [0.29, 0.717) is 11.1 Å². The number of Topliss-reactive ketones (excluding diaryl/α,β-unsaturated/α-hetero) is 1. The molecule has 0 aliphatic carbocycles. The van der Waals surface area contributed by atoms with Gasteiger partial charge in [-0.05, 0) is 18.1 Å². The van der Waals surface area contributed by atoms with E-state index in [9.17, 15) is 14.0 Å². The number of carbonyl (C=O) groups excluding carboxylic acids is 2. The summed E-state index contributed by atoms with van der Waals surface area (Å²) < 4.78 is 13.6. The van der Waals surface area contributed by atoms with Crippen molar-refractivity contribution in [3.8, 4) is 0 Å². The lowest BCUT2D eigenvalue weighted by Crippen LogP contribution is -2.27. The summed E-state index contributed by atoms with van der Waals surface area (Å²) in [4.78, 5) is 25.9. The molecular formula is C21H24FNO2. The molecule has 0 saturated carbocycles. The van der Waals surface area contributed by atoms with E-state index in [4.69, 9.17) is 0 Å². The van der Waals surface area contributed by atoms with Crippen molar-refractivity contribution in [2.45, 2.75) is 39.2 Å². The van der Waals surface area contributed by atoms with Gasteiger partial charge in [-0.1, -0.05) is 55.8 Å². The number of amides is 1. The Balaban J connectivity index is 1.86. The number of aryl methyl sites for hydroxylation is 1. The van der Waals surface area contributed by atoms with Crippen LogP contribution in [-0.4, -0.2) is 23.6 Å². The summed E-state index contributed by atoms with van der Waals surface area (Å²) >= 11 is 0. The fraction of sp³-hybridized carbons (Fsp3) is 0.333. The highest BCUT2D eigenvalue weighted by molar-refractivity contribution is 5.97. The van der Waals surface area contributed by atoms with Gasteiger partial charge in [0.2, 0.25) is 5.91 Å². The molecule has 2 aromatic rings. The van der Waals surface area contributed by atoms with E-state index >= 15 is 0 Å². The normalized spacial score (nSPS) is 10.5. The van der Waals surface area contributed by atoms with Crippen LogP contribution < -0.4 is 0 Å². The van der Waals surface area contributed by atoms with Gasteiger partial charge in [-0.3, -0.25) is 9.59 Å². The first-order chi connectivity index (χ1) is 12.0. The van der Waals surface area contributed by atoms with Gasteiger partial charge in [-0.15, -0.1) is 0 Å². The highest BCUT2D eigenvalue weighted by Gasteiger charge is 2.14. The molecule has 0 fully saturated rings. The number of ketones is 1. The van der Waals surface area contributed by atoms with Crippen molar-refractivity contribution in [2.75, 3.05) is 7.05 Å². The van der Waals surface area contributed by atoms with Crippen LogP contribution in [0.15, 0.2) is 48.5 Å². The van der Waals surface area contributed by atoms with Gasteiger partial charge in [0.1, 0.15) is 5.82 Å². The van der Waals surface area contributed by atoms with Crippen LogP contribution in [0.2, 0.25) is 0 Å². The number of nitrogens with zero attached hydrogens (tertiary/aromatic N) is 1. The van der Waals surface area contributed by atoms with Crippen molar-refractivity contribution in [3.63, 3.8) is 0 Å². The zero-order chi connectivity index (χ0) is 18.2. The molecule has 1 amide bonds. The Morgan fingerprint density at radius 2 is 1.68 bits per heavy atom. The van der Waals surface area contributed by atoms with E-state index in [1.165, 1.54) is 16.5 Å². The minimum Gasteiger partial charge on any atom is -0.341 e. The predicted molar refractivity (Wildman–Crippen MR) is 96.9 cm³/mol. The SMILES string of the molecule is CCCc1ccc(C(=O)CCC(=O)N(C)Cc2ccccc2F)cc1. The van der Waals surface area contributed by atoms with Crippen LogP contribution in [0.3, 0.4) is 0 Å². The Bertz CT molecular complexity index is 725. The molecule has 3 nitrogen and oxygen atoms in total. The number of benzene rings is 2. The lowest BCUT2D eigenvalue weighted by Gasteiger charge is -2.17. The average molecular weight is 341 g/mol. The first kappa shape index (κ1) is 18.8. The molecular weight excluding hydrogens is 317 g/mol. The van der Waals surface area contributed by atoms with Gasteiger partial charge in [0.25, 0.3) is 0 Å². The summed E-state index contributed by atoms with van der Waals surface area (Å²) in [6.45, 7) is 2.31. The maximum Gasteiger partial charge on any atom is 0.223 e. The maximum absolute atomic E-state index is 13.6. The van der Waals surface area contributed by atoms with Crippen LogP contribution in [-0.2, 0) is 17.8 Å². The molecule has 0 saturated heterocycles. The Labute approximate surface area is 148 Å². The summed E-state index contributed by atoms with van der Waals surface area (Å²) in [6, 6.07) is 13.9. The predicted octanol–water partition coefficient (Wildman–Crippen LogP) is 4.40. The molecule has 0 radical (unpaired) electrons. The third kappa shape index (κ3) is 5.52. The number of hydrogen-bond donors (Lipinski definition) is 0. The van der Waals surface area contributed by atoms with E-state index in [1.54, 1.807) is 25.2 Å². The van der Waals surface area contributed by atoms with Crippen molar-refractivity contribution in [2.24, 2.45) is 0 Å². The summed E-state index contributed by atoms with van der Waals surface area (Å²) in [5.74, 6) is -0.541. The molecule has 0 atom stereocenters. The second kappa shape index (κ2) is 9.11. The summed E-state index contributed by atoms with van der Waals surface area (Å²) in [5, 5.41) is 0. The van der Waals surface area contributed by atoms with Crippen LogP contribution >= 0.6 is 0 Å². The molecule has 0 aliphatic rings. The monoisotopic (exact) mass is 341 g/mol. The fourth-order valence-corrected chi connectivity index (χ4v) is 2.67. The van der Waals surface area contributed by atoms with E-state index in [0.717, 1.165) is 12.8 Å². The van der Waals surface area contributed by atoms with Gasteiger partial charge in [-0.2, -0.15) is 0 Å². The third-order valence-corrected chi connectivity index (χ3v) is 4.17. The quantitative estimate of drug-likeness (QED) is 0.667. The van der Waals surface area contributed by atoms with Crippen molar-refractivity contribution in [1.29, 1.82) is 0 Å². The van der Waals surface area contributed by atoms with E-state index < -0.39 is 0 Å². The minimum absolute atomic E-state index is 0.0457. The Morgan fingerprint density at radius 3 is 2.32 bits per heavy atom. The summed E-state index contributed by atoms with van der Waals surface area (Å²) in [7, 11) is 1.62. The number of hydrogen-bond acceptors (Lipinski definition) is 2. The molecule has 0 unspecified atom stereocenters. The number of halogens is 1. The van der Waals surface area contributed by atoms with Crippen molar-refractivity contribution >= 4 is 11.7 Å². The molecule has 0 spiro atoms. The van der Waals surface area contributed by atoms with Crippen molar-refractivity contribution < 1.29 is 14.0 Å². The van der Waals surface area contributed by atoms with Crippen LogP contribution in [0.4, 0.5) is 4.39 Å². The van der Waals surface area contributed by atoms with Gasteiger partial charge < -0.3 is 4.90 Å². The second-order valence-corrected chi connectivity index (χ2v) is 6.21. The zero-order valence-corrected chi connectivity index (χ0v) is 14.8. The minimum atomic E-state index is -0.328. The molecule has 0 bridgehead atoms. The van der Waals surface area contributed by atoms with Crippen molar-refractivity contribution in [3.05, 3.63) is 71.0 Å². The van der Waals surface area contributed by atoms with E-state index in [1.807, 2.05) is 24.3 Å². The van der Waals surface area contributed by atoms with Crippen LogP contribution in [0.25, 0.3) is 0 Å². The lowest BCUT2D eigenvalue weighted by atomic mass is 10.0. The van der Waals surface area contributed by atoms with Crippen molar-refractivity contribution in [1.82, 2.24) is 4.90 Å². The Hall–Kier alpha value is -2.49. The highest BCUT2D eigenvalue weighted by Crippen LogP contribution is 2.12. The number of carbonyl (C=O) groups is 2. The molecule has 0 heterocycles. The second-order valence-electron chi connectivity index (χ2n) is 6.21. The molecule has 132 valence electrons. The summed E-state index contributed by atoms with van der Waals surface area (Å²) in [5.41, 5.74) is 2.31. The van der Waals surface area contributed by atoms with Gasteiger partial charge in [0.05, 0.1) is 0 Å². The van der Waals surface area contributed by atoms with Crippen LogP contribution in [0.5, 0.6) is 0 Å². The molecule has 2 rings (SSSR count). The summed E-state index contributed by atoms with van der Waals surface area (Å²) in [6.07, 6.45) is 2.35.